The Bertz CT molecular complexity index is 1410. The van der Waals surface area contributed by atoms with Crippen LogP contribution in [0.25, 0.3) is 44.2 Å². The van der Waals surface area contributed by atoms with Crippen LogP contribution in [0.15, 0.2) is 115 Å². The fourth-order valence-corrected chi connectivity index (χ4v) is 4.61. The van der Waals surface area contributed by atoms with E-state index in [1.807, 2.05) is 0 Å². The fourth-order valence-electron chi connectivity index (χ4n) is 4.61. The zero-order valence-electron chi connectivity index (χ0n) is 19.6. The predicted octanol–water partition coefficient (Wildman–Crippen LogP) is 8.05. The van der Waals surface area contributed by atoms with Crippen molar-refractivity contribution in [2.75, 3.05) is 21.1 Å². The number of rotatable bonds is 5. The molecule has 0 aliphatic heterocycles. The van der Waals surface area contributed by atoms with Crippen LogP contribution < -0.4 is 0 Å². The van der Waals surface area contributed by atoms with E-state index in [1.54, 1.807) is 0 Å². The molecule has 5 aromatic carbocycles. The molecule has 0 amide bonds. The van der Waals surface area contributed by atoms with Gasteiger partial charge in [-0.25, -0.2) is 0 Å². The number of fused-ring (bicyclic) bond motifs is 1. The largest absolute Gasteiger partial charge is 0.327 e. The van der Waals surface area contributed by atoms with Crippen molar-refractivity contribution in [3.05, 3.63) is 121 Å². The Morgan fingerprint density at radius 3 is 1.91 bits per heavy atom. The van der Waals surface area contributed by atoms with E-state index >= 15 is 0 Å². The number of hydrogen-bond acceptors (Lipinski definition) is 0. The molecule has 0 aliphatic rings. The minimum absolute atomic E-state index is 0.923. The molecule has 162 valence electrons. The molecule has 33 heavy (non-hydrogen) atoms. The smallest absolute Gasteiger partial charge is 0.104 e. The van der Waals surface area contributed by atoms with Crippen molar-refractivity contribution in [1.82, 2.24) is 0 Å². The van der Waals surface area contributed by atoms with Crippen LogP contribution in [0.3, 0.4) is 0 Å². The monoisotopic (exact) mass is 428 g/mol. The molecule has 0 unspecified atom stereocenters. The van der Waals surface area contributed by atoms with Gasteiger partial charge in [-0.15, -0.1) is 0 Å². The van der Waals surface area contributed by atoms with Gasteiger partial charge in [0.25, 0.3) is 0 Å². The van der Waals surface area contributed by atoms with Gasteiger partial charge in [0.1, 0.15) is 6.54 Å². The molecular weight excluding hydrogens is 398 g/mol. The van der Waals surface area contributed by atoms with E-state index in [1.165, 1.54) is 49.7 Å². The van der Waals surface area contributed by atoms with Gasteiger partial charge in [0.2, 0.25) is 0 Å². The van der Waals surface area contributed by atoms with E-state index in [2.05, 4.69) is 136 Å². The van der Waals surface area contributed by atoms with Gasteiger partial charge in [0, 0.05) is 5.56 Å². The lowest BCUT2D eigenvalue weighted by Gasteiger charge is -2.24. The molecule has 0 N–H and O–H groups in total. The Morgan fingerprint density at radius 2 is 1.12 bits per heavy atom. The van der Waals surface area contributed by atoms with Crippen LogP contribution in [0.2, 0.25) is 0 Å². The molecule has 1 heteroatoms. The molecule has 0 aromatic heterocycles. The molecule has 5 rings (SSSR count). The summed E-state index contributed by atoms with van der Waals surface area (Å²) in [6, 6.07) is 41.9. The zero-order chi connectivity index (χ0) is 22.8. The minimum Gasteiger partial charge on any atom is -0.327 e. The van der Waals surface area contributed by atoms with E-state index in [-0.39, 0.29) is 0 Å². The van der Waals surface area contributed by atoms with Gasteiger partial charge < -0.3 is 4.48 Å². The lowest BCUT2D eigenvalue weighted by Crippen LogP contribution is -2.33. The van der Waals surface area contributed by atoms with E-state index in [0.29, 0.717) is 0 Å². The standard InChI is InChI=1S/C32H30N/c1-33(2,3)23-24-10-7-13-26(20-24)28-18-19-32-30(22-28)16-9-17-31(32)29-15-8-14-27(21-29)25-11-5-4-6-12-25/h4-22H,23H2,1-3H3/q+1. The van der Waals surface area contributed by atoms with Crippen LogP contribution in [-0.2, 0) is 6.54 Å². The SMILES string of the molecule is C[N+](C)(C)Cc1cccc(-c2ccc3c(-c4cccc(-c5ccccc5)c4)cccc3c2)c1. The Kier molecular flexibility index (Phi) is 5.58. The maximum atomic E-state index is 2.33. The summed E-state index contributed by atoms with van der Waals surface area (Å²) in [5.41, 5.74) is 8.92. The van der Waals surface area contributed by atoms with Crippen LogP contribution in [0.1, 0.15) is 5.56 Å². The highest BCUT2D eigenvalue weighted by atomic mass is 15.3. The third kappa shape index (κ3) is 4.74. The maximum Gasteiger partial charge on any atom is 0.104 e. The third-order valence-corrected chi connectivity index (χ3v) is 6.08. The second kappa shape index (κ2) is 8.69. The van der Waals surface area contributed by atoms with Crippen molar-refractivity contribution in [3.8, 4) is 33.4 Å². The number of hydrogen-bond donors (Lipinski definition) is 0. The van der Waals surface area contributed by atoms with Crippen LogP contribution in [0, 0.1) is 0 Å². The summed E-state index contributed by atoms with van der Waals surface area (Å²) in [7, 11) is 6.70. The lowest BCUT2D eigenvalue weighted by atomic mass is 9.93. The molecule has 0 radical (unpaired) electrons. The van der Waals surface area contributed by atoms with Crippen LogP contribution in [0.4, 0.5) is 0 Å². The summed E-state index contributed by atoms with van der Waals surface area (Å²) in [4.78, 5) is 0. The highest BCUT2D eigenvalue weighted by Crippen LogP contribution is 2.34. The van der Waals surface area contributed by atoms with Crippen LogP contribution in [-0.4, -0.2) is 25.6 Å². The Balaban J connectivity index is 1.54. The predicted molar refractivity (Wildman–Crippen MR) is 142 cm³/mol. The molecule has 0 spiro atoms. The quantitative estimate of drug-likeness (QED) is 0.248. The van der Waals surface area contributed by atoms with Crippen molar-refractivity contribution in [3.63, 3.8) is 0 Å². The summed E-state index contributed by atoms with van der Waals surface area (Å²) in [5.74, 6) is 0. The summed E-state index contributed by atoms with van der Waals surface area (Å²) in [5, 5.41) is 2.56. The van der Waals surface area contributed by atoms with Crippen molar-refractivity contribution < 1.29 is 4.48 Å². The lowest BCUT2D eigenvalue weighted by molar-refractivity contribution is -0.884. The molecule has 1 nitrogen and oxygen atoms in total. The summed E-state index contributed by atoms with van der Waals surface area (Å²) < 4.78 is 0.923. The molecule has 0 heterocycles. The molecule has 0 fully saturated rings. The molecule has 0 aliphatic carbocycles. The topological polar surface area (TPSA) is 0 Å². The first kappa shape index (κ1) is 21.2. The highest BCUT2D eigenvalue weighted by molar-refractivity contribution is 5.99. The normalized spacial score (nSPS) is 11.6. The first-order chi connectivity index (χ1) is 16.0. The Morgan fingerprint density at radius 1 is 0.485 bits per heavy atom. The first-order valence-electron chi connectivity index (χ1n) is 11.5. The van der Waals surface area contributed by atoms with Crippen LogP contribution in [0.5, 0.6) is 0 Å². The molecule has 0 bridgehead atoms. The van der Waals surface area contributed by atoms with Crippen molar-refractivity contribution >= 4 is 10.8 Å². The van der Waals surface area contributed by atoms with Crippen LogP contribution >= 0.6 is 0 Å². The van der Waals surface area contributed by atoms with Gasteiger partial charge in [-0.2, -0.15) is 0 Å². The third-order valence-electron chi connectivity index (χ3n) is 6.08. The summed E-state index contributed by atoms with van der Waals surface area (Å²) in [6.07, 6.45) is 0. The van der Waals surface area contributed by atoms with Gasteiger partial charge in [0.15, 0.2) is 0 Å². The zero-order valence-corrected chi connectivity index (χ0v) is 19.6. The van der Waals surface area contributed by atoms with Gasteiger partial charge in [-0.05, 0) is 62.4 Å². The molecule has 5 aromatic rings. The second-order valence-corrected chi connectivity index (χ2v) is 9.84. The highest BCUT2D eigenvalue weighted by Gasteiger charge is 2.11. The fraction of sp³-hybridized carbons (Fsp3) is 0.125. The maximum absolute atomic E-state index is 2.33. The van der Waals surface area contributed by atoms with Gasteiger partial charge in [-0.1, -0.05) is 97.1 Å². The molecule has 0 saturated heterocycles. The Labute approximate surface area is 197 Å². The molecular formula is C32H30N+. The number of benzene rings is 5. The number of nitrogens with zero attached hydrogens (tertiary/aromatic N) is 1. The average molecular weight is 429 g/mol. The van der Waals surface area contributed by atoms with Gasteiger partial charge in [-0.3, -0.25) is 0 Å². The number of quaternary nitrogens is 1. The Hall–Kier alpha value is -3.68. The second-order valence-electron chi connectivity index (χ2n) is 9.84. The van der Waals surface area contributed by atoms with Gasteiger partial charge in [0.05, 0.1) is 21.1 Å². The minimum atomic E-state index is 0.923. The van der Waals surface area contributed by atoms with Crippen molar-refractivity contribution in [2.24, 2.45) is 0 Å². The van der Waals surface area contributed by atoms with Crippen molar-refractivity contribution in [1.29, 1.82) is 0 Å². The summed E-state index contributed by atoms with van der Waals surface area (Å²) in [6.45, 7) is 1.02. The van der Waals surface area contributed by atoms with E-state index in [0.717, 1.165) is 11.0 Å². The molecule has 0 saturated carbocycles. The van der Waals surface area contributed by atoms with Gasteiger partial charge >= 0.3 is 0 Å². The van der Waals surface area contributed by atoms with Crippen molar-refractivity contribution in [2.45, 2.75) is 6.54 Å². The summed E-state index contributed by atoms with van der Waals surface area (Å²) >= 11 is 0. The van der Waals surface area contributed by atoms with E-state index in [4.69, 9.17) is 0 Å². The average Bonchev–Trinajstić information content (AvgIpc) is 2.83. The van der Waals surface area contributed by atoms with E-state index < -0.39 is 0 Å². The van der Waals surface area contributed by atoms with E-state index in [9.17, 15) is 0 Å². The first-order valence-corrected chi connectivity index (χ1v) is 11.5. The molecule has 0 atom stereocenters.